The van der Waals surface area contributed by atoms with E-state index in [-0.39, 0.29) is 11.5 Å². The second-order valence-electron chi connectivity index (χ2n) is 6.98. The minimum Gasteiger partial charge on any atom is -0.373 e. The lowest BCUT2D eigenvalue weighted by atomic mass is 10.1. The van der Waals surface area contributed by atoms with Crippen LogP contribution in [0, 0.1) is 11.3 Å². The first kappa shape index (κ1) is 20.3. The molecule has 0 aliphatic carbocycles. The van der Waals surface area contributed by atoms with Crippen molar-refractivity contribution in [2.75, 3.05) is 36.4 Å². The van der Waals surface area contributed by atoms with Crippen molar-refractivity contribution in [3.8, 4) is 6.07 Å². The van der Waals surface area contributed by atoms with Crippen LogP contribution in [0.1, 0.15) is 25.3 Å². The van der Waals surface area contributed by atoms with E-state index in [0.29, 0.717) is 24.7 Å². The highest BCUT2D eigenvalue weighted by molar-refractivity contribution is 6.06. The fourth-order valence-corrected chi connectivity index (χ4v) is 3.16. The number of nitrogens with one attached hydrogen (secondary N) is 1. The third-order valence-corrected chi connectivity index (χ3v) is 4.86. The number of hydrogen-bond acceptors (Lipinski definition) is 6. The molecule has 1 aromatic carbocycles. The van der Waals surface area contributed by atoms with Crippen LogP contribution in [-0.4, -0.2) is 47.0 Å². The van der Waals surface area contributed by atoms with Crippen LogP contribution in [0.2, 0.25) is 0 Å². The molecule has 1 aromatic heterocycles. The van der Waals surface area contributed by atoms with Crippen LogP contribution in [-0.2, 0) is 11.2 Å². The zero-order chi connectivity index (χ0) is 20.5. The Hall–Kier alpha value is -3.40. The highest BCUT2D eigenvalue weighted by Gasteiger charge is 2.19. The second-order valence-corrected chi connectivity index (χ2v) is 6.98. The van der Waals surface area contributed by atoms with Gasteiger partial charge in [-0.25, -0.2) is 9.97 Å². The molecule has 0 bridgehead atoms. The third-order valence-electron chi connectivity index (χ3n) is 4.86. The van der Waals surface area contributed by atoms with Gasteiger partial charge in [-0.15, -0.1) is 0 Å². The molecule has 1 amide bonds. The number of amides is 1. The Morgan fingerprint density at radius 2 is 1.86 bits per heavy atom. The molecule has 7 nitrogen and oxygen atoms in total. The van der Waals surface area contributed by atoms with Gasteiger partial charge in [-0.2, -0.15) is 5.26 Å². The van der Waals surface area contributed by atoms with Gasteiger partial charge in [0.2, 0.25) is 5.95 Å². The van der Waals surface area contributed by atoms with E-state index in [0.717, 1.165) is 32.4 Å². The molecule has 2 aromatic rings. The maximum atomic E-state index is 12.5. The van der Waals surface area contributed by atoms with E-state index in [1.54, 1.807) is 24.7 Å². The summed E-state index contributed by atoms with van der Waals surface area (Å²) in [6, 6.07) is 11.6. The molecule has 0 radical (unpaired) electrons. The lowest BCUT2D eigenvalue weighted by Gasteiger charge is -2.34. The van der Waals surface area contributed by atoms with Crippen LogP contribution < -0.4 is 10.2 Å². The van der Waals surface area contributed by atoms with E-state index in [4.69, 9.17) is 0 Å². The first-order valence-electron chi connectivity index (χ1n) is 9.98. The molecular formula is C22H26N6O. The van der Waals surface area contributed by atoms with E-state index in [1.165, 1.54) is 5.56 Å². The van der Waals surface area contributed by atoms with Crippen LogP contribution in [0.3, 0.4) is 0 Å². The first-order chi connectivity index (χ1) is 14.2. The van der Waals surface area contributed by atoms with Gasteiger partial charge < -0.3 is 15.1 Å². The standard InChI is InChI=1S/C22H26N6O/c1-2-3-5-18-6-8-20(9-7-18)26-21(29)19(16-23)17-27-12-14-28(15-13-27)22-24-10-4-11-25-22/h4,6-11,17H,2-3,5,12-15H2,1H3,(H,26,29)/b19-17-. The number of benzene rings is 1. The summed E-state index contributed by atoms with van der Waals surface area (Å²) in [5.41, 5.74) is 2.05. The summed E-state index contributed by atoms with van der Waals surface area (Å²) in [6.07, 6.45) is 8.44. The molecule has 7 heteroatoms. The molecular weight excluding hydrogens is 364 g/mol. The summed E-state index contributed by atoms with van der Waals surface area (Å²) in [7, 11) is 0. The fraction of sp³-hybridized carbons (Fsp3) is 0.364. The van der Waals surface area contributed by atoms with Gasteiger partial charge in [0.1, 0.15) is 11.6 Å². The smallest absolute Gasteiger partial charge is 0.267 e. The summed E-state index contributed by atoms with van der Waals surface area (Å²) in [5.74, 6) is 0.319. The van der Waals surface area contributed by atoms with E-state index < -0.39 is 0 Å². The number of nitriles is 1. The molecule has 150 valence electrons. The summed E-state index contributed by atoms with van der Waals surface area (Å²) in [4.78, 5) is 25.1. The Balaban J connectivity index is 1.55. The van der Waals surface area contributed by atoms with Crippen LogP contribution in [0.5, 0.6) is 0 Å². The third kappa shape index (κ3) is 5.79. The van der Waals surface area contributed by atoms with Gasteiger partial charge >= 0.3 is 0 Å². The van der Waals surface area contributed by atoms with Gasteiger partial charge in [0.05, 0.1) is 0 Å². The van der Waals surface area contributed by atoms with Crippen molar-refractivity contribution in [3.05, 3.63) is 60.1 Å². The number of unbranched alkanes of at least 4 members (excludes halogenated alkanes) is 1. The highest BCUT2D eigenvalue weighted by atomic mass is 16.1. The van der Waals surface area contributed by atoms with Gasteiger partial charge in [0, 0.05) is 50.5 Å². The molecule has 3 rings (SSSR count). The number of carbonyl (C=O) groups excluding carboxylic acids is 1. The zero-order valence-corrected chi connectivity index (χ0v) is 16.7. The molecule has 0 unspecified atom stereocenters. The molecule has 1 aliphatic heterocycles. The van der Waals surface area contributed by atoms with Crippen LogP contribution in [0.25, 0.3) is 0 Å². The lowest BCUT2D eigenvalue weighted by molar-refractivity contribution is -0.112. The van der Waals surface area contributed by atoms with Gasteiger partial charge in [0.15, 0.2) is 0 Å². The molecule has 29 heavy (non-hydrogen) atoms. The van der Waals surface area contributed by atoms with Gasteiger partial charge in [0.25, 0.3) is 5.91 Å². The number of nitrogens with zero attached hydrogens (tertiary/aromatic N) is 5. The van der Waals surface area contributed by atoms with E-state index in [9.17, 15) is 10.1 Å². The van der Waals surface area contributed by atoms with E-state index in [1.807, 2.05) is 35.2 Å². The first-order valence-corrected chi connectivity index (χ1v) is 9.98. The predicted molar refractivity (Wildman–Crippen MR) is 113 cm³/mol. The molecule has 1 saturated heterocycles. The SMILES string of the molecule is CCCCc1ccc(NC(=O)/C(C#N)=C\N2CCN(c3ncccn3)CC2)cc1. The van der Waals surface area contributed by atoms with Gasteiger partial charge in [-0.3, -0.25) is 4.79 Å². The Labute approximate surface area is 171 Å². The van der Waals surface area contributed by atoms with Crippen molar-refractivity contribution >= 4 is 17.5 Å². The number of carbonyl (C=O) groups is 1. The lowest BCUT2D eigenvalue weighted by Crippen LogP contribution is -2.45. The average Bonchev–Trinajstić information content (AvgIpc) is 2.78. The summed E-state index contributed by atoms with van der Waals surface area (Å²) >= 11 is 0. The fourth-order valence-electron chi connectivity index (χ4n) is 3.16. The van der Waals surface area contributed by atoms with Gasteiger partial charge in [-0.05, 0) is 36.6 Å². The van der Waals surface area contributed by atoms with Crippen molar-refractivity contribution in [1.82, 2.24) is 14.9 Å². The number of aryl methyl sites for hydroxylation is 1. The molecule has 0 saturated carbocycles. The summed E-state index contributed by atoms with van der Waals surface area (Å²) in [5, 5.41) is 12.3. The second kappa shape index (κ2) is 10.2. The molecule has 2 heterocycles. The minimum atomic E-state index is -0.386. The largest absolute Gasteiger partial charge is 0.373 e. The van der Waals surface area contributed by atoms with E-state index in [2.05, 4.69) is 27.1 Å². The maximum absolute atomic E-state index is 12.5. The quantitative estimate of drug-likeness (QED) is 0.578. The van der Waals surface area contributed by atoms with Crippen LogP contribution in [0.15, 0.2) is 54.5 Å². The predicted octanol–water partition coefficient (Wildman–Crippen LogP) is 2.99. The normalized spacial score (nSPS) is 14.4. The molecule has 1 N–H and O–H groups in total. The number of rotatable bonds is 7. The average molecular weight is 390 g/mol. The molecule has 0 spiro atoms. The van der Waals surface area contributed by atoms with Crippen molar-refractivity contribution in [2.24, 2.45) is 0 Å². The number of aromatic nitrogens is 2. The molecule has 1 aliphatic rings. The van der Waals surface area contributed by atoms with Crippen molar-refractivity contribution in [3.63, 3.8) is 0 Å². The Bertz CT molecular complexity index is 864. The monoisotopic (exact) mass is 390 g/mol. The van der Waals surface area contributed by atoms with Crippen molar-refractivity contribution in [1.29, 1.82) is 5.26 Å². The van der Waals surface area contributed by atoms with Crippen LogP contribution in [0.4, 0.5) is 11.6 Å². The van der Waals surface area contributed by atoms with Gasteiger partial charge in [-0.1, -0.05) is 25.5 Å². The zero-order valence-electron chi connectivity index (χ0n) is 16.7. The molecule has 1 fully saturated rings. The highest BCUT2D eigenvalue weighted by Crippen LogP contribution is 2.14. The van der Waals surface area contributed by atoms with E-state index >= 15 is 0 Å². The Morgan fingerprint density at radius 1 is 1.17 bits per heavy atom. The van der Waals surface area contributed by atoms with Crippen molar-refractivity contribution in [2.45, 2.75) is 26.2 Å². The summed E-state index contributed by atoms with van der Waals surface area (Å²) in [6.45, 7) is 5.03. The topological polar surface area (TPSA) is 85.2 Å². The maximum Gasteiger partial charge on any atom is 0.267 e. The number of anilines is 2. The Kier molecular flexibility index (Phi) is 7.17. The Morgan fingerprint density at radius 3 is 2.48 bits per heavy atom. The summed E-state index contributed by atoms with van der Waals surface area (Å²) < 4.78 is 0. The van der Waals surface area contributed by atoms with Crippen LogP contribution >= 0.6 is 0 Å². The number of hydrogen-bond donors (Lipinski definition) is 1. The van der Waals surface area contributed by atoms with Crippen molar-refractivity contribution < 1.29 is 4.79 Å². The minimum absolute atomic E-state index is 0.101. The molecule has 0 atom stereocenters. The number of piperazine rings is 1.